The number of rotatable bonds is 6. The maximum Gasteiger partial charge on any atom is 0.147 e. The predicted octanol–water partition coefficient (Wildman–Crippen LogP) is 2.28. The van der Waals surface area contributed by atoms with Crippen molar-refractivity contribution in [1.82, 2.24) is 25.1 Å². The van der Waals surface area contributed by atoms with Crippen molar-refractivity contribution in [2.24, 2.45) is 7.05 Å². The fourth-order valence-electron chi connectivity index (χ4n) is 4.94. The summed E-state index contributed by atoms with van der Waals surface area (Å²) in [5, 5.41) is 27.7. The quantitative estimate of drug-likeness (QED) is 0.543. The largest absolute Gasteiger partial charge is 0.507 e. The predicted molar refractivity (Wildman–Crippen MR) is 119 cm³/mol. The van der Waals surface area contributed by atoms with Gasteiger partial charge >= 0.3 is 0 Å². The summed E-state index contributed by atoms with van der Waals surface area (Å²) in [6, 6.07) is 5.21. The Morgan fingerprint density at radius 1 is 1.19 bits per heavy atom. The van der Waals surface area contributed by atoms with Crippen LogP contribution in [0.2, 0.25) is 0 Å². The average molecular weight is 439 g/mol. The molecular formula is C23H27FN6O2. The number of benzene rings is 1. The number of nitrogens with one attached hydrogen (secondary N) is 1. The first kappa shape index (κ1) is 20.8. The SMILES string of the molecule is Cn1cc(-c2ccc(-c3cnc(N(CCO)[C@H]4CC5CCC(N5)[C@H]4F)cn3)c(O)c2)cn1. The molecule has 2 aliphatic rings. The molecule has 9 heteroatoms. The zero-order valence-corrected chi connectivity index (χ0v) is 17.9. The van der Waals surface area contributed by atoms with Gasteiger partial charge in [0.05, 0.1) is 36.9 Å². The summed E-state index contributed by atoms with van der Waals surface area (Å²) < 4.78 is 16.8. The summed E-state index contributed by atoms with van der Waals surface area (Å²) in [5.41, 5.74) is 2.85. The van der Waals surface area contributed by atoms with E-state index in [4.69, 9.17) is 0 Å². The summed E-state index contributed by atoms with van der Waals surface area (Å²) in [6.07, 6.45) is 8.27. The van der Waals surface area contributed by atoms with Crippen molar-refractivity contribution in [3.63, 3.8) is 0 Å². The minimum absolute atomic E-state index is 0.0913. The fraction of sp³-hybridized carbons (Fsp3) is 0.435. The van der Waals surface area contributed by atoms with Gasteiger partial charge in [-0.1, -0.05) is 6.07 Å². The van der Waals surface area contributed by atoms with Crippen LogP contribution in [0.25, 0.3) is 22.4 Å². The summed E-state index contributed by atoms with van der Waals surface area (Å²) >= 11 is 0. The molecule has 8 nitrogen and oxygen atoms in total. The Kier molecular flexibility index (Phi) is 5.52. The van der Waals surface area contributed by atoms with E-state index in [0.717, 1.165) is 24.0 Å². The Morgan fingerprint density at radius 3 is 2.75 bits per heavy atom. The summed E-state index contributed by atoms with van der Waals surface area (Å²) in [6.45, 7) is 0.204. The van der Waals surface area contributed by atoms with Crippen molar-refractivity contribution in [3.8, 4) is 28.1 Å². The number of aryl methyl sites for hydroxylation is 1. The molecule has 32 heavy (non-hydrogen) atoms. The van der Waals surface area contributed by atoms with Crippen LogP contribution in [-0.4, -0.2) is 67.4 Å². The van der Waals surface area contributed by atoms with Crippen LogP contribution in [0.1, 0.15) is 19.3 Å². The lowest BCUT2D eigenvalue weighted by Crippen LogP contribution is -2.57. The van der Waals surface area contributed by atoms with Gasteiger partial charge in [-0.15, -0.1) is 0 Å². The molecule has 0 amide bonds. The monoisotopic (exact) mass is 438 g/mol. The van der Waals surface area contributed by atoms with Crippen molar-refractivity contribution in [2.75, 3.05) is 18.1 Å². The molecule has 0 saturated carbocycles. The molecule has 0 aliphatic carbocycles. The van der Waals surface area contributed by atoms with Crippen molar-refractivity contribution < 1.29 is 14.6 Å². The van der Waals surface area contributed by atoms with Gasteiger partial charge in [0.15, 0.2) is 0 Å². The number of hydrogen-bond acceptors (Lipinski definition) is 7. The van der Waals surface area contributed by atoms with Crippen LogP contribution in [-0.2, 0) is 7.05 Å². The second-order valence-electron chi connectivity index (χ2n) is 8.61. The van der Waals surface area contributed by atoms with E-state index in [-0.39, 0.29) is 24.4 Å². The third-order valence-electron chi connectivity index (χ3n) is 6.54. The van der Waals surface area contributed by atoms with E-state index in [1.165, 1.54) is 0 Å². The van der Waals surface area contributed by atoms with E-state index in [1.807, 2.05) is 24.2 Å². The lowest BCUT2D eigenvalue weighted by atomic mass is 9.96. The van der Waals surface area contributed by atoms with Crippen LogP contribution in [0.15, 0.2) is 43.0 Å². The molecule has 0 radical (unpaired) electrons. The average Bonchev–Trinajstić information content (AvgIpc) is 3.42. The number of aliphatic hydroxyl groups excluding tert-OH is 1. The molecule has 168 valence electrons. The van der Waals surface area contributed by atoms with Gasteiger partial charge < -0.3 is 20.4 Å². The number of fused-ring (bicyclic) bond motifs is 2. The molecule has 5 rings (SSSR count). The number of piperidine rings is 1. The van der Waals surface area contributed by atoms with Crippen LogP contribution in [0.3, 0.4) is 0 Å². The van der Waals surface area contributed by atoms with E-state index in [0.29, 0.717) is 36.1 Å². The Labute approximate surface area is 185 Å². The van der Waals surface area contributed by atoms with Gasteiger partial charge in [0.25, 0.3) is 0 Å². The molecule has 2 fully saturated rings. The van der Waals surface area contributed by atoms with E-state index in [2.05, 4.69) is 20.4 Å². The smallest absolute Gasteiger partial charge is 0.147 e. The molecule has 4 heterocycles. The molecule has 0 spiro atoms. The molecule has 2 saturated heterocycles. The first-order valence-electron chi connectivity index (χ1n) is 11.0. The molecule has 3 aromatic rings. The highest BCUT2D eigenvalue weighted by atomic mass is 19.1. The summed E-state index contributed by atoms with van der Waals surface area (Å²) in [7, 11) is 1.84. The van der Waals surface area contributed by atoms with E-state index < -0.39 is 6.17 Å². The van der Waals surface area contributed by atoms with Gasteiger partial charge in [0, 0.05) is 43.0 Å². The Balaban J connectivity index is 1.39. The van der Waals surface area contributed by atoms with E-state index in [9.17, 15) is 10.2 Å². The minimum Gasteiger partial charge on any atom is -0.507 e. The molecule has 2 unspecified atom stereocenters. The summed E-state index contributed by atoms with van der Waals surface area (Å²) in [4.78, 5) is 10.8. The second-order valence-corrected chi connectivity index (χ2v) is 8.61. The highest BCUT2D eigenvalue weighted by Crippen LogP contribution is 2.35. The van der Waals surface area contributed by atoms with Gasteiger partial charge in [0.2, 0.25) is 0 Å². The number of phenols is 1. The highest BCUT2D eigenvalue weighted by molar-refractivity contribution is 5.73. The van der Waals surface area contributed by atoms with Crippen LogP contribution in [0, 0.1) is 0 Å². The number of anilines is 1. The molecule has 2 aromatic heterocycles. The van der Waals surface area contributed by atoms with Crippen molar-refractivity contribution >= 4 is 5.82 Å². The fourth-order valence-corrected chi connectivity index (χ4v) is 4.94. The van der Waals surface area contributed by atoms with Crippen LogP contribution < -0.4 is 10.2 Å². The van der Waals surface area contributed by atoms with Crippen molar-refractivity contribution in [2.45, 2.75) is 43.6 Å². The zero-order chi connectivity index (χ0) is 22.2. The maximum atomic E-state index is 15.1. The zero-order valence-electron chi connectivity index (χ0n) is 17.9. The van der Waals surface area contributed by atoms with Crippen molar-refractivity contribution in [3.05, 3.63) is 43.0 Å². The van der Waals surface area contributed by atoms with E-state index >= 15 is 4.39 Å². The highest BCUT2D eigenvalue weighted by Gasteiger charge is 2.44. The lowest BCUT2D eigenvalue weighted by molar-refractivity contribution is 0.167. The second kappa shape index (κ2) is 8.48. The van der Waals surface area contributed by atoms with Gasteiger partial charge in [-0.3, -0.25) is 9.67 Å². The number of aromatic hydroxyl groups is 1. The van der Waals surface area contributed by atoms with E-state index in [1.54, 1.807) is 35.4 Å². The van der Waals surface area contributed by atoms with Crippen LogP contribution in [0.4, 0.5) is 10.2 Å². The first-order valence-corrected chi connectivity index (χ1v) is 11.0. The summed E-state index contributed by atoms with van der Waals surface area (Å²) in [5.74, 6) is 0.627. The van der Waals surface area contributed by atoms with Crippen molar-refractivity contribution in [1.29, 1.82) is 0 Å². The molecule has 4 atom stereocenters. The number of hydrogen-bond donors (Lipinski definition) is 3. The Hall–Kier alpha value is -3.04. The maximum absolute atomic E-state index is 15.1. The van der Waals surface area contributed by atoms with Gasteiger partial charge in [0.1, 0.15) is 17.7 Å². The first-order chi connectivity index (χ1) is 15.5. The molecule has 2 aliphatic heterocycles. The molecule has 3 N–H and O–H groups in total. The Bertz CT molecular complexity index is 1090. The molecule has 2 bridgehead atoms. The normalized spacial score (nSPS) is 24.6. The number of nitrogens with zero attached hydrogens (tertiary/aromatic N) is 5. The topological polar surface area (TPSA) is 99.3 Å². The number of alkyl halides is 1. The number of aliphatic hydroxyl groups is 1. The number of halogens is 1. The van der Waals surface area contributed by atoms with Crippen LogP contribution >= 0.6 is 0 Å². The van der Waals surface area contributed by atoms with Gasteiger partial charge in [-0.2, -0.15) is 5.10 Å². The third-order valence-corrected chi connectivity index (χ3v) is 6.54. The number of phenolic OH excluding ortho intramolecular Hbond substituents is 1. The molecular weight excluding hydrogens is 411 g/mol. The number of aromatic nitrogens is 4. The molecule has 1 aromatic carbocycles. The van der Waals surface area contributed by atoms with Gasteiger partial charge in [-0.25, -0.2) is 9.37 Å². The van der Waals surface area contributed by atoms with Gasteiger partial charge in [-0.05, 0) is 37.0 Å². The lowest BCUT2D eigenvalue weighted by Gasteiger charge is -2.40. The third kappa shape index (κ3) is 3.82. The standard InChI is InChI=1S/C23H27FN6O2/c1-29-13-15(10-27-29)14-2-4-17(21(32)8-14)19-11-26-22(12-25-19)30(6-7-31)20-9-16-3-5-18(28-16)23(20)24/h2,4,8,10-13,16,18,20,23,28,31-32H,3,5-7,9H2,1H3/t16?,18?,20-,23+/m0/s1. The Morgan fingerprint density at radius 2 is 2.06 bits per heavy atom. The van der Waals surface area contributed by atoms with Crippen LogP contribution in [0.5, 0.6) is 5.75 Å². The minimum atomic E-state index is -1.02.